The maximum Gasteiger partial charge on any atom is 0.0624 e. The standard InChI is InChI=1S/C17H18Cl2N2/c18-15-7-3-5-12(17(15)19)10-16(21-20)14-9-8-11-4-1-2-6-13(11)14/h1-7,14,16,21H,8-10,20H2. The first-order valence-corrected chi connectivity index (χ1v) is 7.93. The lowest BCUT2D eigenvalue weighted by molar-refractivity contribution is 0.434. The maximum absolute atomic E-state index is 6.30. The molecular formula is C17H18Cl2N2. The molecule has 3 rings (SSSR count). The summed E-state index contributed by atoms with van der Waals surface area (Å²) in [4.78, 5) is 0. The average Bonchev–Trinajstić information content (AvgIpc) is 2.93. The number of hydrogen-bond donors (Lipinski definition) is 2. The second-order valence-electron chi connectivity index (χ2n) is 5.53. The molecule has 1 aliphatic rings. The summed E-state index contributed by atoms with van der Waals surface area (Å²) < 4.78 is 0. The lowest BCUT2D eigenvalue weighted by atomic mass is 9.89. The third kappa shape index (κ3) is 2.95. The fourth-order valence-electron chi connectivity index (χ4n) is 3.27. The monoisotopic (exact) mass is 320 g/mol. The molecule has 2 atom stereocenters. The van der Waals surface area contributed by atoms with Crippen molar-refractivity contribution >= 4 is 23.2 Å². The topological polar surface area (TPSA) is 38.0 Å². The van der Waals surface area contributed by atoms with Gasteiger partial charge in [-0.15, -0.1) is 0 Å². The van der Waals surface area contributed by atoms with Gasteiger partial charge in [-0.1, -0.05) is 59.6 Å². The Morgan fingerprint density at radius 2 is 1.95 bits per heavy atom. The molecule has 3 N–H and O–H groups in total. The second kappa shape index (κ2) is 6.37. The van der Waals surface area contributed by atoms with E-state index in [0.29, 0.717) is 16.0 Å². The van der Waals surface area contributed by atoms with Crippen LogP contribution in [0.5, 0.6) is 0 Å². The minimum absolute atomic E-state index is 0.157. The second-order valence-corrected chi connectivity index (χ2v) is 6.32. The third-order valence-corrected chi connectivity index (χ3v) is 5.21. The first-order valence-electron chi connectivity index (χ1n) is 7.17. The van der Waals surface area contributed by atoms with Gasteiger partial charge in [0.05, 0.1) is 10.0 Å². The molecule has 0 saturated heterocycles. The lowest BCUT2D eigenvalue weighted by Crippen LogP contribution is -2.40. The Labute approximate surface area is 135 Å². The van der Waals surface area contributed by atoms with Crippen LogP contribution in [-0.4, -0.2) is 6.04 Å². The van der Waals surface area contributed by atoms with Gasteiger partial charge in [0.1, 0.15) is 0 Å². The number of fused-ring (bicyclic) bond motifs is 1. The van der Waals surface area contributed by atoms with E-state index >= 15 is 0 Å². The number of hydrogen-bond acceptors (Lipinski definition) is 2. The SMILES string of the molecule is NNC(Cc1cccc(Cl)c1Cl)C1CCc2ccccc21. The summed E-state index contributed by atoms with van der Waals surface area (Å²) in [6.45, 7) is 0. The van der Waals surface area contributed by atoms with Crippen molar-refractivity contribution in [3.63, 3.8) is 0 Å². The van der Waals surface area contributed by atoms with Crippen molar-refractivity contribution in [3.8, 4) is 0 Å². The van der Waals surface area contributed by atoms with Crippen molar-refractivity contribution in [1.82, 2.24) is 5.43 Å². The molecule has 0 amide bonds. The van der Waals surface area contributed by atoms with E-state index < -0.39 is 0 Å². The summed E-state index contributed by atoms with van der Waals surface area (Å²) in [5.74, 6) is 6.24. The van der Waals surface area contributed by atoms with Gasteiger partial charge in [0.15, 0.2) is 0 Å². The van der Waals surface area contributed by atoms with Crippen LogP contribution >= 0.6 is 23.2 Å². The van der Waals surface area contributed by atoms with Gasteiger partial charge in [-0.25, -0.2) is 0 Å². The zero-order valence-electron chi connectivity index (χ0n) is 11.7. The molecule has 0 aromatic heterocycles. The third-order valence-electron chi connectivity index (χ3n) is 4.35. The van der Waals surface area contributed by atoms with Crippen LogP contribution in [-0.2, 0) is 12.8 Å². The van der Waals surface area contributed by atoms with Gasteiger partial charge >= 0.3 is 0 Å². The predicted molar refractivity (Wildman–Crippen MR) is 88.8 cm³/mol. The molecule has 2 nitrogen and oxygen atoms in total. The van der Waals surface area contributed by atoms with Gasteiger partial charge < -0.3 is 0 Å². The molecule has 2 unspecified atom stereocenters. The zero-order chi connectivity index (χ0) is 14.8. The van der Waals surface area contributed by atoms with E-state index in [9.17, 15) is 0 Å². The normalized spacial score (nSPS) is 18.5. The van der Waals surface area contributed by atoms with Crippen molar-refractivity contribution in [1.29, 1.82) is 0 Å². The minimum atomic E-state index is 0.157. The Kier molecular flexibility index (Phi) is 4.51. The van der Waals surface area contributed by atoms with E-state index in [4.69, 9.17) is 29.0 Å². The summed E-state index contributed by atoms with van der Waals surface area (Å²) in [7, 11) is 0. The van der Waals surface area contributed by atoms with Crippen LogP contribution in [0, 0.1) is 0 Å². The van der Waals surface area contributed by atoms with Crippen LogP contribution in [0.15, 0.2) is 42.5 Å². The fraction of sp³-hybridized carbons (Fsp3) is 0.294. The molecule has 4 heteroatoms. The number of nitrogens with one attached hydrogen (secondary N) is 1. The first-order chi connectivity index (χ1) is 10.2. The Morgan fingerprint density at radius 3 is 2.76 bits per heavy atom. The molecule has 0 heterocycles. The molecule has 21 heavy (non-hydrogen) atoms. The Hall–Kier alpha value is -1.06. The smallest absolute Gasteiger partial charge is 0.0624 e. The zero-order valence-corrected chi connectivity index (χ0v) is 13.2. The molecule has 1 aliphatic carbocycles. The van der Waals surface area contributed by atoms with Crippen LogP contribution in [0.2, 0.25) is 10.0 Å². The van der Waals surface area contributed by atoms with Crippen LogP contribution in [0.4, 0.5) is 0 Å². The highest BCUT2D eigenvalue weighted by atomic mass is 35.5. The van der Waals surface area contributed by atoms with Crippen molar-refractivity contribution in [3.05, 3.63) is 69.2 Å². The van der Waals surface area contributed by atoms with E-state index in [1.807, 2.05) is 18.2 Å². The predicted octanol–water partition coefficient (Wildman–Crippen LogP) is 4.10. The molecule has 0 bridgehead atoms. The van der Waals surface area contributed by atoms with Crippen molar-refractivity contribution < 1.29 is 0 Å². The summed E-state index contributed by atoms with van der Waals surface area (Å²) in [5, 5.41) is 1.22. The molecule has 0 saturated carbocycles. The summed E-state index contributed by atoms with van der Waals surface area (Å²) in [6, 6.07) is 14.5. The Bertz CT molecular complexity index is 642. The Balaban J connectivity index is 1.85. The molecule has 110 valence electrons. The van der Waals surface area contributed by atoms with Crippen molar-refractivity contribution in [2.24, 2.45) is 5.84 Å². The number of nitrogens with two attached hydrogens (primary N) is 1. The molecule has 0 aliphatic heterocycles. The van der Waals surface area contributed by atoms with E-state index in [2.05, 4.69) is 29.7 Å². The highest BCUT2D eigenvalue weighted by Gasteiger charge is 2.29. The highest BCUT2D eigenvalue weighted by Crippen LogP contribution is 2.37. The van der Waals surface area contributed by atoms with Crippen LogP contribution in [0.3, 0.4) is 0 Å². The van der Waals surface area contributed by atoms with Gasteiger partial charge in [-0.05, 0) is 42.0 Å². The average molecular weight is 321 g/mol. The number of benzene rings is 2. The van der Waals surface area contributed by atoms with Crippen molar-refractivity contribution in [2.45, 2.75) is 31.2 Å². The summed E-state index contributed by atoms with van der Waals surface area (Å²) in [6.07, 6.45) is 3.00. The van der Waals surface area contributed by atoms with Gasteiger partial charge in [0.2, 0.25) is 0 Å². The lowest BCUT2D eigenvalue weighted by Gasteiger charge is -2.24. The summed E-state index contributed by atoms with van der Waals surface area (Å²) >= 11 is 12.4. The van der Waals surface area contributed by atoms with E-state index in [0.717, 1.165) is 24.8 Å². The van der Waals surface area contributed by atoms with Crippen LogP contribution in [0.25, 0.3) is 0 Å². The van der Waals surface area contributed by atoms with E-state index in [1.54, 1.807) is 0 Å². The highest BCUT2D eigenvalue weighted by molar-refractivity contribution is 6.42. The number of hydrazine groups is 1. The van der Waals surface area contributed by atoms with Crippen LogP contribution < -0.4 is 11.3 Å². The largest absolute Gasteiger partial charge is 0.271 e. The van der Waals surface area contributed by atoms with Gasteiger partial charge in [0, 0.05) is 12.0 Å². The molecule has 0 radical (unpaired) electrons. The fourth-order valence-corrected chi connectivity index (χ4v) is 3.67. The van der Waals surface area contributed by atoms with Crippen molar-refractivity contribution in [2.75, 3.05) is 0 Å². The quantitative estimate of drug-likeness (QED) is 0.657. The van der Waals surface area contributed by atoms with E-state index in [-0.39, 0.29) is 6.04 Å². The van der Waals surface area contributed by atoms with Gasteiger partial charge in [0.25, 0.3) is 0 Å². The molecular weight excluding hydrogens is 303 g/mol. The maximum atomic E-state index is 6.30. The molecule has 0 fully saturated rings. The summed E-state index contributed by atoms with van der Waals surface area (Å²) in [5.41, 5.74) is 6.85. The van der Waals surface area contributed by atoms with E-state index in [1.165, 1.54) is 11.1 Å². The number of aryl methyl sites for hydroxylation is 1. The molecule has 2 aromatic carbocycles. The molecule has 2 aromatic rings. The molecule has 0 spiro atoms. The minimum Gasteiger partial charge on any atom is -0.271 e. The first kappa shape index (κ1) is 14.9. The number of rotatable bonds is 4. The van der Waals surface area contributed by atoms with Gasteiger partial charge in [-0.2, -0.15) is 0 Å². The Morgan fingerprint density at radius 1 is 1.14 bits per heavy atom. The van der Waals surface area contributed by atoms with Gasteiger partial charge in [-0.3, -0.25) is 11.3 Å². The van der Waals surface area contributed by atoms with Crippen LogP contribution in [0.1, 0.15) is 29.0 Å². The number of halogens is 2.